The first-order chi connectivity index (χ1) is 13.0. The van der Waals surface area contributed by atoms with Crippen molar-refractivity contribution in [3.63, 3.8) is 0 Å². The lowest BCUT2D eigenvalue weighted by atomic mass is 10.2. The summed E-state index contributed by atoms with van der Waals surface area (Å²) in [5.41, 5.74) is 8.63. The lowest BCUT2D eigenvalue weighted by Crippen LogP contribution is -2.23. The van der Waals surface area contributed by atoms with Crippen molar-refractivity contribution in [2.24, 2.45) is 5.10 Å². The van der Waals surface area contributed by atoms with Crippen LogP contribution in [0.4, 0.5) is 10.2 Å². The lowest BCUT2D eigenvalue weighted by molar-refractivity contribution is 0.0948. The molecular formula is C15H16FN9O2. The number of nitrogens with two attached hydrogens (primary N) is 1. The van der Waals surface area contributed by atoms with Crippen molar-refractivity contribution in [2.75, 3.05) is 19.8 Å². The van der Waals surface area contributed by atoms with Crippen LogP contribution >= 0.6 is 0 Å². The zero-order chi connectivity index (χ0) is 19.4. The Kier molecular flexibility index (Phi) is 5.17. The summed E-state index contributed by atoms with van der Waals surface area (Å²) in [7, 11) is 3.61. The van der Waals surface area contributed by atoms with Crippen molar-refractivity contribution in [2.45, 2.75) is 6.54 Å². The Balaban J connectivity index is 1.85. The number of carbonyl (C=O) groups is 1. The van der Waals surface area contributed by atoms with E-state index in [0.717, 1.165) is 0 Å². The summed E-state index contributed by atoms with van der Waals surface area (Å²) in [6.07, 6.45) is 1.20. The van der Waals surface area contributed by atoms with Gasteiger partial charge in [0.15, 0.2) is 5.69 Å². The maximum atomic E-state index is 13.6. The second kappa shape index (κ2) is 7.70. The molecule has 3 N–H and O–H groups in total. The predicted molar refractivity (Wildman–Crippen MR) is 92.5 cm³/mol. The summed E-state index contributed by atoms with van der Waals surface area (Å²) >= 11 is 0. The number of hydrazone groups is 1. The van der Waals surface area contributed by atoms with E-state index in [9.17, 15) is 9.18 Å². The van der Waals surface area contributed by atoms with Crippen molar-refractivity contribution < 1.29 is 13.8 Å². The quantitative estimate of drug-likeness (QED) is 0.461. The topological polar surface area (TPSA) is 140 Å². The van der Waals surface area contributed by atoms with Crippen LogP contribution in [0.25, 0.3) is 5.82 Å². The number of anilines is 1. The summed E-state index contributed by atoms with van der Waals surface area (Å²) in [5, 5.41) is 18.7. The van der Waals surface area contributed by atoms with E-state index in [4.69, 9.17) is 5.73 Å². The van der Waals surface area contributed by atoms with E-state index in [2.05, 4.69) is 35.8 Å². The normalized spacial score (nSPS) is 11.4. The first-order valence-corrected chi connectivity index (χ1v) is 7.73. The predicted octanol–water partition coefficient (Wildman–Crippen LogP) is 0.197. The van der Waals surface area contributed by atoms with Crippen LogP contribution in [0.5, 0.6) is 0 Å². The summed E-state index contributed by atoms with van der Waals surface area (Å²) in [6, 6.07) is 6.03. The summed E-state index contributed by atoms with van der Waals surface area (Å²) < 4.78 is 19.4. The van der Waals surface area contributed by atoms with Gasteiger partial charge >= 0.3 is 0 Å². The van der Waals surface area contributed by atoms with Crippen LogP contribution in [0.3, 0.4) is 0 Å². The third kappa shape index (κ3) is 3.95. The summed E-state index contributed by atoms with van der Waals surface area (Å²) in [5.74, 6) is -0.956. The number of hydrogen-bond acceptors (Lipinski definition) is 9. The summed E-state index contributed by atoms with van der Waals surface area (Å²) in [6.45, 7) is 0.305. The minimum atomic E-state index is -0.624. The molecule has 0 aliphatic carbocycles. The van der Waals surface area contributed by atoms with Gasteiger partial charge in [0.1, 0.15) is 5.82 Å². The minimum Gasteiger partial charge on any atom is -0.378 e. The zero-order valence-electron chi connectivity index (χ0n) is 14.5. The van der Waals surface area contributed by atoms with Crippen molar-refractivity contribution in [1.29, 1.82) is 0 Å². The van der Waals surface area contributed by atoms with Gasteiger partial charge in [0.2, 0.25) is 11.6 Å². The van der Waals surface area contributed by atoms with Gasteiger partial charge in [0.25, 0.3) is 5.91 Å². The number of hydrogen-bond donors (Lipinski definition) is 2. The Hall–Kier alpha value is -3.67. The van der Waals surface area contributed by atoms with Crippen LogP contribution in [0, 0.1) is 5.82 Å². The molecule has 0 aliphatic rings. The van der Waals surface area contributed by atoms with Crippen LogP contribution in [-0.4, -0.2) is 56.4 Å². The van der Waals surface area contributed by atoms with Gasteiger partial charge in [-0.25, -0.2) is 14.4 Å². The second-order valence-electron chi connectivity index (χ2n) is 5.73. The van der Waals surface area contributed by atoms with Gasteiger partial charge in [-0.15, -0.1) is 5.10 Å². The summed E-state index contributed by atoms with van der Waals surface area (Å²) in [4.78, 5) is 14.3. The van der Waals surface area contributed by atoms with E-state index in [0.29, 0.717) is 12.2 Å². The number of halogens is 1. The first kappa shape index (κ1) is 18.1. The standard InChI is InChI=1S/C15H16FN9O2/c1-24(2)8-11-12(19-23-25(11)14-13(17)21-27-22-14)15(26)20-18-7-9-5-3-4-6-10(9)16/h3-7H,8H2,1-2H3,(H2,17,21)(H,20,26)/b18-7+. The number of amides is 1. The molecule has 1 amide bonds. The monoisotopic (exact) mass is 373 g/mol. The van der Waals surface area contributed by atoms with Crippen molar-refractivity contribution in [3.05, 3.63) is 47.0 Å². The highest BCUT2D eigenvalue weighted by Gasteiger charge is 2.24. The molecule has 11 nitrogen and oxygen atoms in total. The number of carbonyl (C=O) groups excluding carboxylic acids is 1. The first-order valence-electron chi connectivity index (χ1n) is 7.73. The maximum absolute atomic E-state index is 13.6. The van der Waals surface area contributed by atoms with Gasteiger partial charge in [0.05, 0.1) is 11.9 Å². The van der Waals surface area contributed by atoms with Crippen LogP contribution in [0.15, 0.2) is 34.0 Å². The van der Waals surface area contributed by atoms with Crippen LogP contribution in [0.2, 0.25) is 0 Å². The van der Waals surface area contributed by atoms with Gasteiger partial charge in [-0.2, -0.15) is 9.78 Å². The molecule has 0 atom stereocenters. The molecule has 2 aromatic heterocycles. The fraction of sp³-hybridized carbons (Fsp3) is 0.200. The fourth-order valence-corrected chi connectivity index (χ4v) is 2.22. The molecule has 12 heteroatoms. The molecular weight excluding hydrogens is 357 g/mol. The number of rotatable bonds is 6. The molecule has 140 valence electrons. The smallest absolute Gasteiger partial charge is 0.293 e. The molecule has 2 heterocycles. The molecule has 3 rings (SSSR count). The number of benzene rings is 1. The minimum absolute atomic E-state index is 0.00411. The Morgan fingerprint density at radius 3 is 2.85 bits per heavy atom. The van der Waals surface area contributed by atoms with Gasteiger partial charge in [-0.3, -0.25) is 4.79 Å². The van der Waals surface area contributed by atoms with E-state index >= 15 is 0 Å². The Labute approximate surface area is 152 Å². The molecule has 0 fully saturated rings. The van der Waals surface area contributed by atoms with Crippen molar-refractivity contribution >= 4 is 17.9 Å². The van der Waals surface area contributed by atoms with Gasteiger partial charge in [0, 0.05) is 12.1 Å². The van der Waals surface area contributed by atoms with Crippen molar-refractivity contribution in [3.8, 4) is 5.82 Å². The van der Waals surface area contributed by atoms with E-state index < -0.39 is 11.7 Å². The third-order valence-corrected chi connectivity index (χ3v) is 3.42. The van der Waals surface area contributed by atoms with Gasteiger partial charge in [-0.1, -0.05) is 23.4 Å². The van der Waals surface area contributed by atoms with Crippen LogP contribution in [-0.2, 0) is 6.54 Å². The Morgan fingerprint density at radius 2 is 2.19 bits per heavy atom. The Bertz CT molecular complexity index is 979. The Morgan fingerprint density at radius 1 is 1.41 bits per heavy atom. The number of aromatic nitrogens is 5. The van der Waals surface area contributed by atoms with E-state index in [1.54, 1.807) is 31.1 Å². The fourth-order valence-electron chi connectivity index (χ4n) is 2.22. The second-order valence-corrected chi connectivity index (χ2v) is 5.73. The number of nitrogens with zero attached hydrogens (tertiary/aromatic N) is 7. The molecule has 0 saturated carbocycles. The number of nitrogen functional groups attached to an aromatic ring is 1. The van der Waals surface area contributed by atoms with E-state index in [1.807, 2.05) is 0 Å². The molecule has 0 aliphatic heterocycles. The highest BCUT2D eigenvalue weighted by atomic mass is 19.1. The molecule has 0 unspecified atom stereocenters. The van der Waals surface area contributed by atoms with Gasteiger partial charge in [-0.05, 0) is 30.5 Å². The van der Waals surface area contributed by atoms with Crippen LogP contribution < -0.4 is 11.2 Å². The third-order valence-electron chi connectivity index (χ3n) is 3.42. The van der Waals surface area contributed by atoms with E-state index in [1.165, 1.54) is 23.0 Å². The largest absolute Gasteiger partial charge is 0.378 e. The van der Waals surface area contributed by atoms with E-state index in [-0.39, 0.29) is 22.9 Å². The SMILES string of the molecule is CN(C)Cc1c(C(=O)N/N=C/c2ccccc2F)nnn1-c1nonc1N. The highest BCUT2D eigenvalue weighted by molar-refractivity contribution is 5.94. The maximum Gasteiger partial charge on any atom is 0.293 e. The molecule has 0 bridgehead atoms. The zero-order valence-corrected chi connectivity index (χ0v) is 14.5. The molecule has 1 aromatic carbocycles. The average molecular weight is 373 g/mol. The molecule has 27 heavy (non-hydrogen) atoms. The van der Waals surface area contributed by atoms with Gasteiger partial charge < -0.3 is 10.6 Å². The molecule has 3 aromatic rings. The van der Waals surface area contributed by atoms with Crippen molar-refractivity contribution in [1.82, 2.24) is 35.6 Å². The molecule has 0 saturated heterocycles. The lowest BCUT2D eigenvalue weighted by Gasteiger charge is -2.11. The average Bonchev–Trinajstić information content (AvgIpc) is 3.22. The highest BCUT2D eigenvalue weighted by Crippen LogP contribution is 2.16. The molecule has 0 radical (unpaired) electrons. The molecule has 0 spiro atoms. The number of nitrogens with one attached hydrogen (secondary N) is 1. The van der Waals surface area contributed by atoms with Crippen LogP contribution in [0.1, 0.15) is 21.7 Å².